The lowest BCUT2D eigenvalue weighted by Gasteiger charge is -2.39. The van der Waals surface area contributed by atoms with Gasteiger partial charge in [-0.05, 0) is 24.1 Å². The molecular formula is C25H27NO13. The average Bonchev–Trinajstić information content (AvgIpc) is 2.87. The molecular weight excluding hydrogens is 522 g/mol. The Kier molecular flexibility index (Phi) is 9.45. The number of aliphatic hydroxyl groups is 4. The number of phenols is 3. The van der Waals surface area contributed by atoms with Crippen molar-refractivity contribution in [1.29, 1.82) is 0 Å². The lowest BCUT2D eigenvalue weighted by molar-refractivity contribution is -0.277. The average molecular weight is 549 g/mol. The molecule has 2 aromatic rings. The second-order valence-corrected chi connectivity index (χ2v) is 8.59. The summed E-state index contributed by atoms with van der Waals surface area (Å²) < 4.78 is 10.7. The van der Waals surface area contributed by atoms with Crippen molar-refractivity contribution in [2.45, 2.75) is 43.5 Å². The van der Waals surface area contributed by atoms with Gasteiger partial charge in [-0.2, -0.15) is 0 Å². The first-order valence-corrected chi connectivity index (χ1v) is 11.5. The zero-order valence-corrected chi connectivity index (χ0v) is 20.2. The third-order valence-corrected chi connectivity index (χ3v) is 5.77. The molecule has 3 rings (SSSR count). The number of ketones is 1. The van der Waals surface area contributed by atoms with E-state index in [0.29, 0.717) is 11.6 Å². The van der Waals surface area contributed by atoms with E-state index in [2.05, 4.69) is 5.32 Å². The predicted octanol–water partition coefficient (Wildman–Crippen LogP) is -0.623. The van der Waals surface area contributed by atoms with Gasteiger partial charge in [-0.15, -0.1) is 0 Å². The minimum Gasteiger partial charge on any atom is -0.508 e. The second kappa shape index (κ2) is 12.6. The molecule has 0 radical (unpaired) electrons. The van der Waals surface area contributed by atoms with Crippen LogP contribution in [-0.4, -0.2) is 95.8 Å². The monoisotopic (exact) mass is 549 g/mol. The molecule has 9 N–H and O–H groups in total. The van der Waals surface area contributed by atoms with Crippen LogP contribution < -0.4 is 10.1 Å². The number of phenolic OH excluding ortho intramolecular Hbond substituents is 3. The fourth-order valence-electron chi connectivity index (χ4n) is 3.79. The number of aliphatic carboxylic acids is 1. The maximum Gasteiger partial charge on any atom is 0.328 e. The molecule has 1 saturated heterocycles. The number of anilines is 1. The summed E-state index contributed by atoms with van der Waals surface area (Å²) >= 11 is 0. The number of aromatic hydroxyl groups is 3. The van der Waals surface area contributed by atoms with E-state index in [-0.39, 0.29) is 24.3 Å². The molecule has 5 unspecified atom stereocenters. The first kappa shape index (κ1) is 29.3. The van der Waals surface area contributed by atoms with Gasteiger partial charge in [-0.3, -0.25) is 9.59 Å². The molecule has 210 valence electrons. The zero-order valence-electron chi connectivity index (χ0n) is 20.2. The van der Waals surface area contributed by atoms with Crippen molar-refractivity contribution in [1.82, 2.24) is 0 Å². The van der Waals surface area contributed by atoms with Crippen LogP contribution in [0.2, 0.25) is 0 Å². The number of rotatable bonds is 10. The lowest BCUT2D eigenvalue weighted by Crippen LogP contribution is -2.60. The molecule has 0 aromatic heterocycles. The number of carbonyl (C=O) groups is 3. The molecule has 0 saturated carbocycles. The Morgan fingerprint density at radius 3 is 2.33 bits per heavy atom. The summed E-state index contributed by atoms with van der Waals surface area (Å²) in [5, 5.41) is 80.7. The SMILES string of the molecule is O=C(O)C=CC(=O)Nc1cc(CCC(=O)c2c(O)cc(O)cc2OC2OC(CO)C(O)C(O)C2O)ccc1O. The van der Waals surface area contributed by atoms with E-state index >= 15 is 0 Å². The van der Waals surface area contributed by atoms with Gasteiger partial charge < -0.3 is 55.6 Å². The van der Waals surface area contributed by atoms with Gasteiger partial charge in [0.25, 0.3) is 0 Å². The summed E-state index contributed by atoms with van der Waals surface area (Å²) in [5.41, 5.74) is 0.0308. The van der Waals surface area contributed by atoms with Gasteiger partial charge in [0.1, 0.15) is 53.0 Å². The number of aliphatic hydroxyl groups excluding tert-OH is 4. The van der Waals surface area contributed by atoms with Crippen LogP contribution in [0.3, 0.4) is 0 Å². The number of benzene rings is 2. The molecule has 1 heterocycles. The molecule has 1 fully saturated rings. The van der Waals surface area contributed by atoms with Gasteiger partial charge >= 0.3 is 5.97 Å². The maximum atomic E-state index is 13.1. The van der Waals surface area contributed by atoms with E-state index in [1.54, 1.807) is 0 Å². The number of hydrogen-bond donors (Lipinski definition) is 9. The number of aryl methyl sites for hydroxylation is 1. The van der Waals surface area contributed by atoms with E-state index in [4.69, 9.17) is 14.6 Å². The van der Waals surface area contributed by atoms with Crippen molar-refractivity contribution in [2.75, 3.05) is 11.9 Å². The van der Waals surface area contributed by atoms with Crippen LogP contribution in [0.4, 0.5) is 5.69 Å². The predicted molar refractivity (Wildman–Crippen MR) is 130 cm³/mol. The number of Topliss-reactive ketones (excluding diaryl/α,β-unsaturated/α-hetero) is 1. The van der Waals surface area contributed by atoms with Crippen LogP contribution in [0, 0.1) is 0 Å². The summed E-state index contributed by atoms with van der Waals surface area (Å²) in [4.78, 5) is 35.5. The highest BCUT2D eigenvalue weighted by atomic mass is 16.7. The molecule has 0 aliphatic carbocycles. The zero-order chi connectivity index (χ0) is 28.9. The number of carbonyl (C=O) groups excluding carboxylic acids is 2. The Bertz CT molecular complexity index is 1260. The fraction of sp³-hybridized carbons (Fsp3) is 0.320. The Hall–Kier alpha value is -4.21. The van der Waals surface area contributed by atoms with Crippen molar-refractivity contribution in [2.24, 2.45) is 0 Å². The Morgan fingerprint density at radius 2 is 1.67 bits per heavy atom. The van der Waals surface area contributed by atoms with Crippen molar-refractivity contribution < 1.29 is 64.7 Å². The number of carboxylic acids is 1. The number of nitrogens with one attached hydrogen (secondary N) is 1. The van der Waals surface area contributed by atoms with Crippen LogP contribution >= 0.6 is 0 Å². The number of ether oxygens (including phenoxy) is 2. The van der Waals surface area contributed by atoms with Crippen molar-refractivity contribution in [3.8, 4) is 23.0 Å². The third-order valence-electron chi connectivity index (χ3n) is 5.77. The van der Waals surface area contributed by atoms with E-state index in [9.17, 15) is 50.1 Å². The highest BCUT2D eigenvalue weighted by molar-refractivity contribution is 6.03. The largest absolute Gasteiger partial charge is 0.508 e. The molecule has 1 aliphatic rings. The van der Waals surface area contributed by atoms with E-state index in [1.807, 2.05) is 0 Å². The van der Waals surface area contributed by atoms with Gasteiger partial charge in [-0.25, -0.2) is 4.79 Å². The van der Waals surface area contributed by atoms with Crippen LogP contribution in [0.25, 0.3) is 0 Å². The lowest BCUT2D eigenvalue weighted by atomic mass is 9.98. The smallest absolute Gasteiger partial charge is 0.328 e. The molecule has 5 atom stereocenters. The highest BCUT2D eigenvalue weighted by Crippen LogP contribution is 2.36. The maximum absolute atomic E-state index is 13.1. The van der Waals surface area contributed by atoms with Crippen molar-refractivity contribution >= 4 is 23.3 Å². The topological polar surface area (TPSA) is 244 Å². The summed E-state index contributed by atoms with van der Waals surface area (Å²) in [7, 11) is 0. The van der Waals surface area contributed by atoms with Crippen LogP contribution in [0.5, 0.6) is 23.0 Å². The van der Waals surface area contributed by atoms with E-state index in [0.717, 1.165) is 18.2 Å². The van der Waals surface area contributed by atoms with Crippen LogP contribution in [0.15, 0.2) is 42.5 Å². The quantitative estimate of drug-likeness (QED) is 0.102. The molecule has 2 aromatic carbocycles. The molecule has 1 aliphatic heterocycles. The van der Waals surface area contributed by atoms with Gasteiger partial charge in [-0.1, -0.05) is 6.07 Å². The number of amides is 1. The Morgan fingerprint density at radius 1 is 0.949 bits per heavy atom. The molecule has 1 amide bonds. The normalized spacial score (nSPS) is 22.9. The minimum atomic E-state index is -1.81. The Balaban J connectivity index is 1.78. The second-order valence-electron chi connectivity index (χ2n) is 8.59. The summed E-state index contributed by atoms with van der Waals surface area (Å²) in [6, 6.07) is 5.92. The molecule has 0 bridgehead atoms. The molecule has 14 nitrogen and oxygen atoms in total. The van der Waals surface area contributed by atoms with Crippen molar-refractivity contribution in [3.05, 3.63) is 53.6 Å². The highest BCUT2D eigenvalue weighted by Gasteiger charge is 2.45. The molecule has 14 heteroatoms. The van der Waals surface area contributed by atoms with Gasteiger partial charge in [0.2, 0.25) is 12.2 Å². The van der Waals surface area contributed by atoms with E-state index in [1.165, 1.54) is 18.2 Å². The minimum absolute atomic E-state index is 0.0345. The first-order valence-electron chi connectivity index (χ1n) is 11.5. The van der Waals surface area contributed by atoms with Crippen LogP contribution in [0.1, 0.15) is 22.3 Å². The summed E-state index contributed by atoms with van der Waals surface area (Å²) in [6.45, 7) is -0.729. The third kappa shape index (κ3) is 7.22. The molecule has 39 heavy (non-hydrogen) atoms. The Labute approximate surface area is 220 Å². The van der Waals surface area contributed by atoms with Gasteiger partial charge in [0, 0.05) is 30.7 Å². The van der Waals surface area contributed by atoms with E-state index < -0.39 is 77.8 Å². The number of carboxylic acid groups (broad SMARTS) is 1. The van der Waals surface area contributed by atoms with Gasteiger partial charge in [0.05, 0.1) is 12.3 Å². The summed E-state index contributed by atoms with van der Waals surface area (Å²) in [6.07, 6.45) is -7.08. The first-order chi connectivity index (χ1) is 18.4. The van der Waals surface area contributed by atoms with Crippen molar-refractivity contribution in [3.63, 3.8) is 0 Å². The van der Waals surface area contributed by atoms with Gasteiger partial charge in [0.15, 0.2) is 5.78 Å². The fourth-order valence-corrected chi connectivity index (χ4v) is 3.79. The number of hydrogen-bond acceptors (Lipinski definition) is 12. The van der Waals surface area contributed by atoms with Crippen LogP contribution in [-0.2, 0) is 20.7 Å². The standard InChI is InChI=1S/C25H27NO13/c27-10-18-22(35)23(36)24(37)25(39-18)38-17-9-12(28)8-16(31)21(17)15(30)4-2-11-1-3-14(29)13(7-11)26-19(32)5-6-20(33)34/h1,3,5-9,18,22-25,27-29,31,35-37H,2,4,10H2,(H,26,32)(H,33,34). The molecule has 0 spiro atoms. The summed E-state index contributed by atoms with van der Waals surface area (Å²) in [5.74, 6) is -4.73.